The van der Waals surface area contributed by atoms with Crippen LogP contribution >= 0.6 is 0 Å². The summed E-state index contributed by atoms with van der Waals surface area (Å²) in [5.41, 5.74) is 2.47. The van der Waals surface area contributed by atoms with Crippen LogP contribution in [0.15, 0.2) is 48.7 Å². The van der Waals surface area contributed by atoms with E-state index in [1.54, 1.807) is 19.2 Å². The van der Waals surface area contributed by atoms with Gasteiger partial charge in [-0.25, -0.2) is 13.4 Å². The van der Waals surface area contributed by atoms with E-state index in [0.717, 1.165) is 31.1 Å². The van der Waals surface area contributed by atoms with Gasteiger partial charge in [0, 0.05) is 13.1 Å². The number of piperidine rings is 1. The van der Waals surface area contributed by atoms with Crippen molar-refractivity contribution in [1.82, 2.24) is 4.98 Å². The zero-order valence-corrected chi connectivity index (χ0v) is 15.4. The second-order valence-electron chi connectivity index (χ2n) is 6.53. The number of benzene rings is 1. The molecule has 0 atom stereocenters. The Morgan fingerprint density at radius 2 is 1.84 bits per heavy atom. The zero-order valence-electron chi connectivity index (χ0n) is 14.6. The van der Waals surface area contributed by atoms with Crippen molar-refractivity contribution < 1.29 is 8.42 Å². The summed E-state index contributed by atoms with van der Waals surface area (Å²) in [7, 11) is -3.27. The number of nitrogens with one attached hydrogen (secondary N) is 1. The van der Waals surface area contributed by atoms with E-state index in [0.29, 0.717) is 5.82 Å². The number of hydrogen-bond donors (Lipinski definition) is 1. The number of anilines is 2. The largest absolute Gasteiger partial charge is 0.370 e. The lowest BCUT2D eigenvalue weighted by atomic mass is 9.90. The van der Waals surface area contributed by atoms with E-state index >= 15 is 0 Å². The molecule has 1 aliphatic heterocycles. The first-order valence-electron chi connectivity index (χ1n) is 8.81. The minimum Gasteiger partial charge on any atom is -0.370 e. The van der Waals surface area contributed by atoms with Gasteiger partial charge < -0.3 is 4.90 Å². The predicted molar refractivity (Wildman–Crippen MR) is 102 cm³/mol. The lowest BCUT2D eigenvalue weighted by Gasteiger charge is -2.33. The van der Waals surface area contributed by atoms with Gasteiger partial charge in [-0.3, -0.25) is 4.72 Å². The molecule has 0 spiro atoms. The SMILES string of the molecule is CCS(=O)(=O)Nc1ccc(N2CCC(Cc3ccccc3)CC2)cn1. The third-order valence-corrected chi connectivity index (χ3v) is 6.02. The number of nitrogens with zero attached hydrogens (tertiary/aromatic N) is 2. The van der Waals surface area contributed by atoms with E-state index in [1.165, 1.54) is 18.4 Å². The van der Waals surface area contributed by atoms with Gasteiger partial charge in [-0.15, -0.1) is 0 Å². The summed E-state index contributed by atoms with van der Waals surface area (Å²) in [6, 6.07) is 14.3. The molecule has 1 aliphatic rings. The normalized spacial score (nSPS) is 16.0. The molecule has 1 aromatic carbocycles. The van der Waals surface area contributed by atoms with Crippen molar-refractivity contribution >= 4 is 21.5 Å². The maximum atomic E-state index is 11.6. The van der Waals surface area contributed by atoms with Crippen LogP contribution in [-0.4, -0.2) is 32.2 Å². The molecule has 2 aromatic rings. The van der Waals surface area contributed by atoms with Gasteiger partial charge in [-0.2, -0.15) is 0 Å². The molecular formula is C19H25N3O2S. The molecule has 1 N–H and O–H groups in total. The molecule has 0 bridgehead atoms. The van der Waals surface area contributed by atoms with Crippen molar-refractivity contribution in [3.05, 3.63) is 54.2 Å². The smallest absolute Gasteiger partial charge is 0.233 e. The van der Waals surface area contributed by atoms with Gasteiger partial charge in [-0.1, -0.05) is 30.3 Å². The molecule has 0 aliphatic carbocycles. The highest BCUT2D eigenvalue weighted by Gasteiger charge is 2.20. The average Bonchev–Trinajstić information content (AvgIpc) is 2.64. The van der Waals surface area contributed by atoms with E-state index in [9.17, 15) is 8.42 Å². The number of sulfonamides is 1. The van der Waals surface area contributed by atoms with Gasteiger partial charge in [0.15, 0.2) is 0 Å². The second-order valence-corrected chi connectivity index (χ2v) is 8.54. The second kappa shape index (κ2) is 7.87. The van der Waals surface area contributed by atoms with Crippen molar-refractivity contribution in [2.45, 2.75) is 26.2 Å². The molecule has 0 radical (unpaired) electrons. The molecule has 1 aromatic heterocycles. The summed E-state index contributed by atoms with van der Waals surface area (Å²) in [6.45, 7) is 3.63. The fourth-order valence-electron chi connectivity index (χ4n) is 3.21. The first kappa shape index (κ1) is 17.7. The average molecular weight is 359 g/mol. The Labute approximate surface area is 150 Å². The molecule has 1 saturated heterocycles. The van der Waals surface area contributed by atoms with Crippen LogP contribution < -0.4 is 9.62 Å². The minimum absolute atomic E-state index is 0.0470. The number of aromatic nitrogens is 1. The summed E-state index contributed by atoms with van der Waals surface area (Å²) < 4.78 is 25.6. The molecule has 0 unspecified atom stereocenters. The minimum atomic E-state index is -3.27. The Bertz CT molecular complexity index is 768. The van der Waals surface area contributed by atoms with Crippen LogP contribution in [0.3, 0.4) is 0 Å². The molecule has 25 heavy (non-hydrogen) atoms. The van der Waals surface area contributed by atoms with E-state index in [1.807, 2.05) is 6.07 Å². The van der Waals surface area contributed by atoms with E-state index in [4.69, 9.17) is 0 Å². The molecule has 1 fully saturated rings. The van der Waals surface area contributed by atoms with Crippen LogP contribution in [-0.2, 0) is 16.4 Å². The Kier molecular flexibility index (Phi) is 5.58. The van der Waals surface area contributed by atoms with Crippen LogP contribution in [0, 0.1) is 5.92 Å². The highest BCUT2D eigenvalue weighted by Crippen LogP contribution is 2.26. The summed E-state index contributed by atoms with van der Waals surface area (Å²) in [6.07, 6.45) is 5.23. The molecule has 2 heterocycles. The zero-order chi connectivity index (χ0) is 17.7. The topological polar surface area (TPSA) is 62.3 Å². The highest BCUT2D eigenvalue weighted by atomic mass is 32.2. The van der Waals surface area contributed by atoms with Gasteiger partial charge >= 0.3 is 0 Å². The summed E-state index contributed by atoms with van der Waals surface area (Å²) in [4.78, 5) is 6.57. The molecular weight excluding hydrogens is 334 g/mol. The van der Waals surface area contributed by atoms with Crippen LogP contribution in [0.4, 0.5) is 11.5 Å². The Morgan fingerprint density at radius 3 is 2.44 bits per heavy atom. The molecule has 0 amide bonds. The van der Waals surface area contributed by atoms with E-state index < -0.39 is 10.0 Å². The molecule has 134 valence electrons. The first-order chi connectivity index (χ1) is 12.1. The van der Waals surface area contributed by atoms with Crippen LogP contribution in [0.2, 0.25) is 0 Å². The van der Waals surface area contributed by atoms with Crippen LogP contribution in [0.5, 0.6) is 0 Å². The van der Waals surface area contributed by atoms with Crippen molar-refractivity contribution in [1.29, 1.82) is 0 Å². The van der Waals surface area contributed by atoms with E-state index in [2.05, 4.69) is 44.9 Å². The molecule has 0 saturated carbocycles. The van der Waals surface area contributed by atoms with Gasteiger partial charge in [0.2, 0.25) is 10.0 Å². The van der Waals surface area contributed by atoms with Crippen molar-refractivity contribution in [3.63, 3.8) is 0 Å². The van der Waals surface area contributed by atoms with Gasteiger partial charge in [0.1, 0.15) is 5.82 Å². The maximum Gasteiger partial charge on any atom is 0.233 e. The third kappa shape index (κ3) is 4.95. The third-order valence-electron chi connectivity index (χ3n) is 4.73. The van der Waals surface area contributed by atoms with Crippen LogP contribution in [0.25, 0.3) is 0 Å². The van der Waals surface area contributed by atoms with Gasteiger partial charge in [-0.05, 0) is 49.8 Å². The quantitative estimate of drug-likeness (QED) is 0.860. The van der Waals surface area contributed by atoms with Gasteiger partial charge in [0.05, 0.1) is 17.6 Å². The first-order valence-corrected chi connectivity index (χ1v) is 10.5. The number of hydrogen-bond acceptors (Lipinski definition) is 4. The fourth-order valence-corrected chi connectivity index (χ4v) is 3.79. The summed E-state index contributed by atoms with van der Waals surface area (Å²) in [5.74, 6) is 1.15. The Hall–Kier alpha value is -2.08. The summed E-state index contributed by atoms with van der Waals surface area (Å²) in [5, 5.41) is 0. The fraction of sp³-hybridized carbons (Fsp3) is 0.421. The maximum absolute atomic E-state index is 11.6. The Morgan fingerprint density at radius 1 is 1.12 bits per heavy atom. The van der Waals surface area contributed by atoms with Crippen LogP contribution in [0.1, 0.15) is 25.3 Å². The highest BCUT2D eigenvalue weighted by molar-refractivity contribution is 7.92. The molecule has 5 nitrogen and oxygen atoms in total. The van der Waals surface area contributed by atoms with Crippen molar-refractivity contribution in [2.24, 2.45) is 5.92 Å². The number of rotatable bonds is 6. The van der Waals surface area contributed by atoms with Crippen molar-refractivity contribution in [2.75, 3.05) is 28.5 Å². The molecule has 3 rings (SSSR count). The lowest BCUT2D eigenvalue weighted by Crippen LogP contribution is -2.34. The number of pyridine rings is 1. The standard InChI is InChI=1S/C19H25N3O2S/c1-2-25(23,24)21-19-9-8-18(15-20-19)22-12-10-17(11-13-22)14-16-6-4-3-5-7-16/h3-9,15,17H,2,10-14H2,1H3,(H,20,21). The summed E-state index contributed by atoms with van der Waals surface area (Å²) >= 11 is 0. The van der Waals surface area contributed by atoms with Gasteiger partial charge in [0.25, 0.3) is 0 Å². The lowest BCUT2D eigenvalue weighted by molar-refractivity contribution is 0.403. The monoisotopic (exact) mass is 359 g/mol. The Balaban J connectivity index is 1.54. The predicted octanol–water partition coefficient (Wildman–Crippen LogP) is 3.30. The van der Waals surface area contributed by atoms with Crippen molar-refractivity contribution in [3.8, 4) is 0 Å². The van der Waals surface area contributed by atoms with E-state index in [-0.39, 0.29) is 5.75 Å². The molecule has 6 heteroatoms.